The zero-order valence-corrected chi connectivity index (χ0v) is 22.1. The molecular formula is C25H30F2N4O4S2. The van der Waals surface area contributed by atoms with Gasteiger partial charge in [0.1, 0.15) is 11.6 Å². The van der Waals surface area contributed by atoms with Crippen LogP contribution in [0.25, 0.3) is 11.0 Å². The van der Waals surface area contributed by atoms with E-state index < -0.39 is 21.7 Å². The maximum absolute atomic E-state index is 13.7. The molecule has 3 aromatic rings. The quantitative estimate of drug-likeness (QED) is 0.377. The van der Waals surface area contributed by atoms with Crippen molar-refractivity contribution in [2.45, 2.75) is 28.8 Å². The van der Waals surface area contributed by atoms with Crippen molar-refractivity contribution in [1.82, 2.24) is 18.8 Å². The molecule has 0 atom stereocenters. The number of fused-ring (bicyclic) bond motifs is 1. The lowest BCUT2D eigenvalue weighted by molar-refractivity contribution is 0.0369. The van der Waals surface area contributed by atoms with Gasteiger partial charge >= 0.3 is 0 Å². The minimum atomic E-state index is -3.66. The highest BCUT2D eigenvalue weighted by Crippen LogP contribution is 2.30. The number of aromatic nitrogens is 2. The first kappa shape index (κ1) is 26.5. The Kier molecular flexibility index (Phi) is 8.42. The Bertz CT molecular complexity index is 1320. The predicted molar refractivity (Wildman–Crippen MR) is 137 cm³/mol. The van der Waals surface area contributed by atoms with Crippen molar-refractivity contribution in [2.75, 3.05) is 59.2 Å². The first-order valence-corrected chi connectivity index (χ1v) is 14.8. The molecule has 2 aromatic carbocycles. The second-order valence-corrected chi connectivity index (χ2v) is 12.0. The second-order valence-electron chi connectivity index (χ2n) is 9.09. The van der Waals surface area contributed by atoms with Gasteiger partial charge < -0.3 is 14.0 Å². The van der Waals surface area contributed by atoms with Crippen LogP contribution in [0.2, 0.25) is 0 Å². The molecule has 200 valence electrons. The highest BCUT2D eigenvalue weighted by molar-refractivity contribution is 7.98. The van der Waals surface area contributed by atoms with Crippen LogP contribution in [0.3, 0.4) is 0 Å². The number of nitrogens with zero attached hydrogens (tertiary/aromatic N) is 4. The molecule has 0 bridgehead atoms. The molecule has 0 radical (unpaired) electrons. The summed E-state index contributed by atoms with van der Waals surface area (Å²) >= 11 is 1.38. The molecule has 8 nitrogen and oxygen atoms in total. The highest BCUT2D eigenvalue weighted by Gasteiger charge is 2.27. The van der Waals surface area contributed by atoms with Crippen molar-refractivity contribution in [3.63, 3.8) is 0 Å². The Morgan fingerprint density at radius 1 is 0.892 bits per heavy atom. The summed E-state index contributed by atoms with van der Waals surface area (Å²) in [5.41, 5.74) is 1.93. The van der Waals surface area contributed by atoms with E-state index in [9.17, 15) is 17.2 Å². The molecule has 2 fully saturated rings. The zero-order chi connectivity index (χ0) is 25.8. The lowest BCUT2D eigenvalue weighted by Gasteiger charge is -2.26. The van der Waals surface area contributed by atoms with E-state index in [1.54, 1.807) is 18.2 Å². The summed E-state index contributed by atoms with van der Waals surface area (Å²) in [6.45, 7) is 6.26. The van der Waals surface area contributed by atoms with Crippen molar-refractivity contribution < 1.29 is 26.7 Å². The molecule has 0 saturated carbocycles. The molecule has 2 saturated heterocycles. The minimum absolute atomic E-state index is 0.198. The minimum Gasteiger partial charge on any atom is -0.379 e. The summed E-state index contributed by atoms with van der Waals surface area (Å²) in [4.78, 5) is 7.31. The van der Waals surface area contributed by atoms with E-state index in [4.69, 9.17) is 14.5 Å². The van der Waals surface area contributed by atoms with Gasteiger partial charge in [-0.05, 0) is 42.3 Å². The first-order chi connectivity index (χ1) is 17.9. The summed E-state index contributed by atoms with van der Waals surface area (Å²) in [7, 11) is -3.66. The van der Waals surface area contributed by atoms with E-state index in [1.807, 2.05) is 0 Å². The van der Waals surface area contributed by atoms with Crippen LogP contribution in [0.4, 0.5) is 8.78 Å². The van der Waals surface area contributed by atoms with E-state index in [2.05, 4.69) is 9.47 Å². The van der Waals surface area contributed by atoms with Crippen LogP contribution in [0.1, 0.15) is 12.0 Å². The number of hydrogen-bond donors (Lipinski definition) is 0. The maximum Gasteiger partial charge on any atom is 0.243 e. The van der Waals surface area contributed by atoms with Crippen molar-refractivity contribution in [2.24, 2.45) is 0 Å². The van der Waals surface area contributed by atoms with Crippen molar-refractivity contribution in [1.29, 1.82) is 0 Å². The van der Waals surface area contributed by atoms with Gasteiger partial charge in [0.25, 0.3) is 0 Å². The third-order valence-electron chi connectivity index (χ3n) is 6.54. The van der Waals surface area contributed by atoms with Gasteiger partial charge in [-0.1, -0.05) is 11.8 Å². The Hall–Kier alpha value is -2.09. The molecule has 0 unspecified atom stereocenters. The summed E-state index contributed by atoms with van der Waals surface area (Å²) in [5, 5.41) is 0.683. The number of ether oxygens (including phenoxy) is 2. The summed E-state index contributed by atoms with van der Waals surface area (Å²) < 4.78 is 68.0. The molecule has 2 aliphatic rings. The first-order valence-electron chi connectivity index (χ1n) is 12.4. The van der Waals surface area contributed by atoms with Crippen LogP contribution in [0, 0.1) is 11.6 Å². The Labute approximate surface area is 219 Å². The average molecular weight is 553 g/mol. The van der Waals surface area contributed by atoms with Crippen LogP contribution in [-0.2, 0) is 31.8 Å². The topological polar surface area (TPSA) is 76.9 Å². The van der Waals surface area contributed by atoms with Crippen LogP contribution >= 0.6 is 11.8 Å². The molecule has 5 rings (SSSR count). The van der Waals surface area contributed by atoms with Gasteiger partial charge in [0.15, 0.2) is 5.16 Å². The number of benzene rings is 2. The average Bonchev–Trinajstić information content (AvgIpc) is 3.25. The van der Waals surface area contributed by atoms with Gasteiger partial charge in [-0.2, -0.15) is 4.31 Å². The zero-order valence-electron chi connectivity index (χ0n) is 20.4. The van der Waals surface area contributed by atoms with Gasteiger partial charge in [0, 0.05) is 51.1 Å². The largest absolute Gasteiger partial charge is 0.379 e. The normalized spacial score (nSPS) is 18.0. The van der Waals surface area contributed by atoms with Crippen molar-refractivity contribution in [3.05, 3.63) is 53.6 Å². The van der Waals surface area contributed by atoms with E-state index >= 15 is 0 Å². The van der Waals surface area contributed by atoms with Gasteiger partial charge in [-0.15, -0.1) is 0 Å². The molecule has 0 spiro atoms. The van der Waals surface area contributed by atoms with E-state index in [-0.39, 0.29) is 4.90 Å². The fourth-order valence-electron chi connectivity index (χ4n) is 4.63. The fraction of sp³-hybridized carbons (Fsp3) is 0.480. The third kappa shape index (κ3) is 6.32. The number of sulfonamides is 1. The van der Waals surface area contributed by atoms with E-state index in [1.165, 1.54) is 28.2 Å². The van der Waals surface area contributed by atoms with Crippen molar-refractivity contribution in [3.8, 4) is 0 Å². The second kappa shape index (κ2) is 11.7. The molecule has 12 heteroatoms. The number of halogens is 2. The molecule has 0 aliphatic carbocycles. The SMILES string of the molecule is O=S(=O)(c1ccc2c(c1)nc(SCc1cc(F)cc(F)c1)n2CCCN1CCOCC1)N1CCOCC1. The number of hydrogen-bond acceptors (Lipinski definition) is 7. The van der Waals surface area contributed by atoms with E-state index in [0.29, 0.717) is 54.8 Å². The van der Waals surface area contributed by atoms with Crippen LogP contribution in [0.15, 0.2) is 46.5 Å². The predicted octanol–water partition coefficient (Wildman–Crippen LogP) is 3.35. The highest BCUT2D eigenvalue weighted by atomic mass is 32.2. The molecule has 0 amide bonds. The van der Waals surface area contributed by atoms with Gasteiger partial charge in [0.2, 0.25) is 10.0 Å². The van der Waals surface area contributed by atoms with Crippen LogP contribution < -0.4 is 0 Å². The molecule has 0 N–H and O–H groups in total. The number of thioether (sulfide) groups is 1. The van der Waals surface area contributed by atoms with Crippen molar-refractivity contribution >= 4 is 32.8 Å². The number of imidazole rings is 1. The third-order valence-corrected chi connectivity index (χ3v) is 9.48. The lowest BCUT2D eigenvalue weighted by atomic mass is 10.2. The van der Waals surface area contributed by atoms with Gasteiger partial charge in [-0.3, -0.25) is 4.90 Å². The Morgan fingerprint density at radius 2 is 1.57 bits per heavy atom. The summed E-state index contributed by atoms with van der Waals surface area (Å²) in [6, 6.07) is 8.53. The number of morpholine rings is 2. The van der Waals surface area contributed by atoms with E-state index in [0.717, 1.165) is 50.9 Å². The van der Waals surface area contributed by atoms with Gasteiger partial charge in [-0.25, -0.2) is 22.2 Å². The molecule has 1 aromatic heterocycles. The fourth-order valence-corrected chi connectivity index (χ4v) is 7.03. The molecule has 2 aliphatic heterocycles. The molecule has 37 heavy (non-hydrogen) atoms. The monoisotopic (exact) mass is 552 g/mol. The van der Waals surface area contributed by atoms with Gasteiger partial charge in [0.05, 0.1) is 42.4 Å². The summed E-state index contributed by atoms with van der Waals surface area (Å²) in [6.07, 6.45) is 0.876. The number of aryl methyl sites for hydroxylation is 1. The Morgan fingerprint density at radius 3 is 2.27 bits per heavy atom. The molecular weight excluding hydrogens is 522 g/mol. The molecule has 3 heterocycles. The van der Waals surface area contributed by atoms with Crippen LogP contribution in [0.5, 0.6) is 0 Å². The van der Waals surface area contributed by atoms with Crippen LogP contribution in [-0.4, -0.2) is 86.3 Å². The summed E-state index contributed by atoms with van der Waals surface area (Å²) in [5.74, 6) is -0.902. The number of rotatable bonds is 9. The lowest BCUT2D eigenvalue weighted by Crippen LogP contribution is -2.40. The Balaban J connectivity index is 1.41. The standard InChI is InChI=1S/C25H30F2N4O4S2/c26-20-14-19(15-21(27)16-20)18-36-25-28-23-17-22(37(32,33)30-8-12-35-13-9-30)2-3-24(23)31(25)5-1-4-29-6-10-34-11-7-29/h2-3,14-17H,1,4-13,18H2. The maximum atomic E-state index is 13.7. The smallest absolute Gasteiger partial charge is 0.243 e.